The molecule has 1 N–H and O–H groups in total. The third kappa shape index (κ3) is 5.47. The molecule has 0 radical (unpaired) electrons. The smallest absolute Gasteiger partial charge is 0.370 e. The van der Waals surface area contributed by atoms with Gasteiger partial charge in [0.1, 0.15) is 6.04 Å². The molecular weight excluding hydrogens is 397 g/mol. The van der Waals surface area contributed by atoms with Gasteiger partial charge in [-0.1, -0.05) is 0 Å². The van der Waals surface area contributed by atoms with Gasteiger partial charge in [0.05, 0.1) is 15.4 Å². The van der Waals surface area contributed by atoms with Crippen LogP contribution < -0.4 is 5.32 Å². The van der Waals surface area contributed by atoms with E-state index >= 15 is 0 Å². The van der Waals surface area contributed by atoms with E-state index in [1.54, 1.807) is 0 Å². The number of amides is 1. The molecule has 0 heterocycles. The van der Waals surface area contributed by atoms with Crippen molar-refractivity contribution in [2.75, 3.05) is 12.4 Å². The van der Waals surface area contributed by atoms with Crippen molar-refractivity contribution in [2.24, 2.45) is 0 Å². The summed E-state index contributed by atoms with van der Waals surface area (Å²) in [5.74, 6) is -0.831. The van der Waals surface area contributed by atoms with E-state index < -0.39 is 50.6 Å². The highest BCUT2D eigenvalue weighted by Crippen LogP contribution is 2.41. The Morgan fingerprint density at radius 2 is 1.70 bits per heavy atom. The number of hydrogen-bond donors (Lipinski definition) is 1. The summed E-state index contributed by atoms with van der Waals surface area (Å²) < 4.78 is 38.6. The second-order valence-corrected chi connectivity index (χ2v) is 5.76. The van der Waals surface area contributed by atoms with E-state index in [2.05, 4.69) is 17.5 Å². The molecule has 148 valence electrons. The Balaban J connectivity index is 3.41. The fourth-order valence-corrected chi connectivity index (χ4v) is 2.11. The minimum atomic E-state index is -5.04. The molecule has 0 bridgehead atoms. The summed E-state index contributed by atoms with van der Waals surface area (Å²) in [4.78, 5) is 36.8. The molecule has 1 aromatic rings. The maximum absolute atomic E-state index is 12.9. The van der Waals surface area contributed by atoms with Gasteiger partial charge in [0.2, 0.25) is 0 Å². The van der Waals surface area contributed by atoms with Gasteiger partial charge in [0, 0.05) is 26.1 Å². The molecule has 14 heteroatoms. The number of nitro groups is 2. The van der Waals surface area contributed by atoms with E-state index in [-0.39, 0.29) is 17.2 Å². The van der Waals surface area contributed by atoms with Crippen molar-refractivity contribution in [1.82, 2.24) is 5.06 Å². The average molecular weight is 410 g/mol. The monoisotopic (exact) mass is 410 g/mol. The number of likely N-dealkylation sites (N-methyl/N-ethyl adjacent to an activating group) is 1. The van der Waals surface area contributed by atoms with Crippen LogP contribution in [0.5, 0.6) is 0 Å². The number of alkyl halides is 3. The molecular formula is C13H13F3N4O6S. The fraction of sp³-hybridized carbons (Fsp3) is 0.385. The number of hydrogen-bond acceptors (Lipinski definition) is 8. The number of carbonyl (C=O) groups is 1. The van der Waals surface area contributed by atoms with Crippen molar-refractivity contribution >= 4 is 40.2 Å². The zero-order valence-corrected chi connectivity index (χ0v) is 14.9. The first kappa shape index (κ1) is 22.0. The van der Waals surface area contributed by atoms with Crippen LogP contribution in [0.4, 0.5) is 30.2 Å². The molecule has 1 rings (SSSR count). The number of thiocarbonyl (C=S) groups is 1. The molecule has 0 aliphatic carbocycles. The summed E-state index contributed by atoms with van der Waals surface area (Å²) in [5.41, 5.74) is -4.81. The van der Waals surface area contributed by atoms with E-state index in [0.29, 0.717) is 5.06 Å². The maximum Gasteiger partial charge on any atom is 0.416 e. The van der Waals surface area contributed by atoms with Gasteiger partial charge in [0.25, 0.3) is 17.3 Å². The van der Waals surface area contributed by atoms with Crippen molar-refractivity contribution in [3.63, 3.8) is 0 Å². The predicted octanol–water partition coefficient (Wildman–Crippen LogP) is 3.06. The van der Waals surface area contributed by atoms with Crippen molar-refractivity contribution in [2.45, 2.75) is 26.1 Å². The Bertz CT molecular complexity index is 766. The van der Waals surface area contributed by atoms with Gasteiger partial charge in [0.15, 0.2) is 10.7 Å². The number of nitro benzene ring substituents is 2. The minimum absolute atomic E-state index is 0.0236. The molecule has 0 aliphatic rings. The van der Waals surface area contributed by atoms with Crippen LogP contribution in [0.15, 0.2) is 12.1 Å². The second kappa shape index (κ2) is 8.11. The molecule has 27 heavy (non-hydrogen) atoms. The summed E-state index contributed by atoms with van der Waals surface area (Å²) in [6.07, 6.45) is -5.04. The number of nitrogens with one attached hydrogen (secondary N) is 1. The molecule has 1 amide bonds. The topological polar surface area (TPSA) is 128 Å². The largest absolute Gasteiger partial charge is 0.416 e. The number of benzene rings is 1. The predicted molar refractivity (Wildman–Crippen MR) is 90.0 cm³/mol. The second-order valence-electron chi connectivity index (χ2n) is 5.19. The summed E-state index contributed by atoms with van der Waals surface area (Å²) in [6.45, 7) is 2.55. The third-order valence-electron chi connectivity index (χ3n) is 3.12. The average Bonchev–Trinajstić information content (AvgIpc) is 2.51. The fourth-order valence-electron chi connectivity index (χ4n) is 2.00. The molecule has 0 spiro atoms. The minimum Gasteiger partial charge on any atom is -0.370 e. The normalized spacial score (nSPS) is 12.1. The Kier molecular flexibility index (Phi) is 6.61. The lowest BCUT2D eigenvalue weighted by molar-refractivity contribution is -0.392. The van der Waals surface area contributed by atoms with E-state index in [1.165, 1.54) is 20.9 Å². The molecule has 0 saturated carbocycles. The number of hydroxylamine groups is 2. The van der Waals surface area contributed by atoms with Crippen LogP contribution in [-0.4, -0.2) is 39.0 Å². The van der Waals surface area contributed by atoms with Gasteiger partial charge < -0.3 is 10.2 Å². The van der Waals surface area contributed by atoms with E-state index in [0.717, 1.165) is 0 Å². The van der Waals surface area contributed by atoms with E-state index in [9.17, 15) is 38.2 Å². The van der Waals surface area contributed by atoms with Crippen LogP contribution in [0.25, 0.3) is 0 Å². The zero-order chi connectivity index (χ0) is 21.1. The molecule has 0 fully saturated rings. The summed E-state index contributed by atoms with van der Waals surface area (Å²) >= 11 is 4.64. The van der Waals surface area contributed by atoms with E-state index in [1.807, 2.05) is 0 Å². The quantitative estimate of drug-likeness (QED) is 0.446. The lowest BCUT2D eigenvalue weighted by atomic mass is 10.1. The van der Waals surface area contributed by atoms with Crippen LogP contribution in [0, 0.1) is 20.2 Å². The first-order valence-corrected chi connectivity index (χ1v) is 7.43. The molecule has 1 atom stereocenters. The van der Waals surface area contributed by atoms with Crippen molar-refractivity contribution in [3.05, 3.63) is 37.9 Å². The van der Waals surface area contributed by atoms with Gasteiger partial charge in [-0.15, -0.1) is 0 Å². The lowest BCUT2D eigenvalue weighted by Gasteiger charge is -2.22. The number of rotatable bonds is 5. The Morgan fingerprint density at radius 1 is 1.26 bits per heavy atom. The van der Waals surface area contributed by atoms with Gasteiger partial charge in [-0.05, 0) is 19.1 Å². The van der Waals surface area contributed by atoms with Crippen LogP contribution in [-0.2, 0) is 15.8 Å². The SMILES string of the molecule is CC(=S)ON(C)C(=O)C(C)Nc1c([N+](=O)[O-])cc(C(F)(F)F)cc1[N+](=O)[O-]. The van der Waals surface area contributed by atoms with Crippen LogP contribution >= 0.6 is 12.2 Å². The first-order chi connectivity index (χ1) is 12.3. The van der Waals surface area contributed by atoms with Crippen LogP contribution in [0.2, 0.25) is 0 Å². The standard InChI is InChI=1S/C13H13F3N4O6S/c1-6(12(21)18(3)26-7(2)27)17-11-9(19(22)23)4-8(13(14,15)16)5-10(11)20(24)25/h4-6,17H,1-3H3. The summed E-state index contributed by atoms with van der Waals surface area (Å²) in [5, 5.41) is 25.2. The Hall–Kier alpha value is -3.03. The molecule has 0 aliphatic heterocycles. The summed E-state index contributed by atoms with van der Waals surface area (Å²) in [7, 11) is 1.17. The highest BCUT2D eigenvalue weighted by Gasteiger charge is 2.38. The van der Waals surface area contributed by atoms with E-state index in [4.69, 9.17) is 4.84 Å². The van der Waals surface area contributed by atoms with Gasteiger partial charge in [-0.3, -0.25) is 25.0 Å². The van der Waals surface area contributed by atoms with Gasteiger partial charge in [-0.2, -0.15) is 18.2 Å². The third-order valence-corrected chi connectivity index (χ3v) is 3.20. The Morgan fingerprint density at radius 3 is 2.04 bits per heavy atom. The summed E-state index contributed by atoms with van der Waals surface area (Å²) in [6, 6.07) is -1.03. The molecule has 1 unspecified atom stereocenters. The van der Waals surface area contributed by atoms with Crippen molar-refractivity contribution in [1.29, 1.82) is 0 Å². The molecule has 1 aromatic carbocycles. The van der Waals surface area contributed by atoms with Crippen molar-refractivity contribution in [3.8, 4) is 0 Å². The molecule has 0 saturated heterocycles. The van der Waals surface area contributed by atoms with Crippen molar-refractivity contribution < 1.29 is 32.6 Å². The zero-order valence-electron chi connectivity index (χ0n) is 14.1. The number of anilines is 1. The number of nitrogens with zero attached hydrogens (tertiary/aromatic N) is 3. The van der Waals surface area contributed by atoms with Crippen LogP contribution in [0.3, 0.4) is 0 Å². The first-order valence-electron chi connectivity index (χ1n) is 7.02. The highest BCUT2D eigenvalue weighted by molar-refractivity contribution is 7.80. The molecule has 10 nitrogen and oxygen atoms in total. The van der Waals surface area contributed by atoms with Gasteiger partial charge >= 0.3 is 6.18 Å². The Labute approximate surface area is 155 Å². The number of halogens is 3. The van der Waals surface area contributed by atoms with Gasteiger partial charge in [-0.25, -0.2) is 0 Å². The lowest BCUT2D eigenvalue weighted by Crippen LogP contribution is -2.39. The highest BCUT2D eigenvalue weighted by atomic mass is 32.1. The van der Waals surface area contributed by atoms with Crippen LogP contribution in [0.1, 0.15) is 19.4 Å². The maximum atomic E-state index is 12.9. The number of carbonyl (C=O) groups excluding carboxylic acids is 1. The molecule has 0 aromatic heterocycles.